The Balaban J connectivity index is 0.00000372. The van der Waals surface area contributed by atoms with E-state index in [0.29, 0.717) is 17.4 Å². The summed E-state index contributed by atoms with van der Waals surface area (Å²) in [6, 6.07) is 34.1. The molecule has 4 aromatic carbocycles. The van der Waals surface area contributed by atoms with Crippen molar-refractivity contribution < 1.29 is 25.8 Å². The van der Waals surface area contributed by atoms with Crippen LogP contribution in [0.1, 0.15) is 53.4 Å². The number of nitrogens with zero attached hydrogens (tertiary/aromatic N) is 4. The summed E-state index contributed by atoms with van der Waals surface area (Å²) < 4.78 is 10.6. The quantitative estimate of drug-likeness (QED) is 0.158. The molecule has 0 N–H and O–H groups in total. The molecular formula is C40H36N4OPt. The molecule has 7 aromatic rings. The standard InChI is InChI=1S/C40H36N4O.Pt/c1-24(2)35-20-26(4)19-27(5)39(35)40-28(6)42-44(29(40)7)30-11-10-12-31(22-30)45-32-15-16-34-33-13-8-9-14-36(33)43(37(34)23-32)38-21-25(3)17-18-41-38;/h8-21,24H,1-7H3;/q-2;+2. The average Bonchev–Trinajstić information content (AvgIpc) is 3.49. The van der Waals surface area contributed by atoms with Gasteiger partial charge >= 0.3 is 21.1 Å². The molecule has 0 saturated carbocycles. The second-order valence-corrected chi connectivity index (χ2v) is 12.3. The third-order valence-corrected chi connectivity index (χ3v) is 8.56. The Morgan fingerprint density at radius 2 is 1.52 bits per heavy atom. The van der Waals surface area contributed by atoms with Crippen molar-refractivity contribution >= 4 is 21.8 Å². The molecule has 0 bridgehead atoms. The molecule has 0 aliphatic carbocycles. The summed E-state index contributed by atoms with van der Waals surface area (Å²) >= 11 is 0. The molecule has 0 unspecified atom stereocenters. The predicted octanol–water partition coefficient (Wildman–Crippen LogP) is 10.1. The number of hydrogen-bond donors (Lipinski definition) is 0. The van der Waals surface area contributed by atoms with Crippen LogP contribution in [-0.2, 0) is 21.1 Å². The zero-order chi connectivity index (χ0) is 31.4. The monoisotopic (exact) mass is 783 g/mol. The molecule has 0 aliphatic rings. The molecule has 3 heterocycles. The van der Waals surface area contributed by atoms with Crippen LogP contribution < -0.4 is 4.74 Å². The topological polar surface area (TPSA) is 44.9 Å². The maximum atomic E-state index is 6.42. The van der Waals surface area contributed by atoms with Gasteiger partial charge in [0, 0.05) is 34.5 Å². The maximum Gasteiger partial charge on any atom is 2.00 e. The van der Waals surface area contributed by atoms with Crippen LogP contribution in [0.5, 0.6) is 11.5 Å². The fourth-order valence-corrected chi connectivity index (χ4v) is 6.59. The Bertz CT molecular complexity index is 2240. The number of fused-ring (bicyclic) bond motifs is 3. The summed E-state index contributed by atoms with van der Waals surface area (Å²) in [7, 11) is 0. The van der Waals surface area contributed by atoms with Crippen LogP contribution in [0.15, 0.2) is 85.1 Å². The number of pyridine rings is 1. The minimum absolute atomic E-state index is 0. The third kappa shape index (κ3) is 5.47. The van der Waals surface area contributed by atoms with E-state index in [1.54, 1.807) is 0 Å². The summed E-state index contributed by atoms with van der Waals surface area (Å²) in [5.74, 6) is 2.47. The van der Waals surface area contributed by atoms with E-state index in [-0.39, 0.29) is 21.1 Å². The van der Waals surface area contributed by atoms with Gasteiger partial charge in [0.25, 0.3) is 0 Å². The van der Waals surface area contributed by atoms with Crippen molar-refractivity contribution in [3.05, 3.63) is 131 Å². The molecule has 0 saturated heterocycles. The van der Waals surface area contributed by atoms with Gasteiger partial charge in [-0.15, -0.1) is 35.7 Å². The molecule has 0 aliphatic heterocycles. The normalized spacial score (nSPS) is 11.4. The van der Waals surface area contributed by atoms with Gasteiger partial charge in [0.15, 0.2) is 0 Å². The molecule has 5 nitrogen and oxygen atoms in total. The first-order valence-electron chi connectivity index (χ1n) is 15.5. The Hall–Kier alpha value is -4.47. The zero-order valence-corrected chi connectivity index (χ0v) is 29.4. The first-order valence-corrected chi connectivity index (χ1v) is 15.5. The van der Waals surface area contributed by atoms with E-state index < -0.39 is 0 Å². The molecule has 7 rings (SSSR count). The molecule has 3 aromatic heterocycles. The Morgan fingerprint density at radius 1 is 0.739 bits per heavy atom. The van der Waals surface area contributed by atoms with Gasteiger partial charge in [-0.2, -0.15) is 17.2 Å². The van der Waals surface area contributed by atoms with Gasteiger partial charge in [-0.1, -0.05) is 55.3 Å². The van der Waals surface area contributed by atoms with Crippen molar-refractivity contribution in [2.24, 2.45) is 0 Å². The van der Waals surface area contributed by atoms with Crippen LogP contribution in [0.4, 0.5) is 0 Å². The van der Waals surface area contributed by atoms with Crippen LogP contribution in [0.2, 0.25) is 0 Å². The van der Waals surface area contributed by atoms with Gasteiger partial charge in [0.1, 0.15) is 5.82 Å². The maximum absolute atomic E-state index is 6.42. The van der Waals surface area contributed by atoms with E-state index in [0.717, 1.165) is 50.3 Å². The van der Waals surface area contributed by atoms with Crippen molar-refractivity contribution in [2.45, 2.75) is 54.4 Å². The van der Waals surface area contributed by atoms with Crippen molar-refractivity contribution in [1.29, 1.82) is 0 Å². The van der Waals surface area contributed by atoms with E-state index >= 15 is 0 Å². The van der Waals surface area contributed by atoms with Crippen LogP contribution in [-0.4, -0.2) is 19.3 Å². The Morgan fingerprint density at radius 3 is 2.30 bits per heavy atom. The van der Waals surface area contributed by atoms with Gasteiger partial charge in [0.2, 0.25) is 0 Å². The van der Waals surface area contributed by atoms with E-state index in [4.69, 9.17) is 14.8 Å². The first-order chi connectivity index (χ1) is 21.7. The number of benzene rings is 4. The van der Waals surface area contributed by atoms with Crippen LogP contribution in [0, 0.1) is 46.8 Å². The number of ether oxygens (including phenoxy) is 1. The number of aromatic nitrogens is 4. The first kappa shape index (κ1) is 31.5. The summed E-state index contributed by atoms with van der Waals surface area (Å²) in [4.78, 5) is 4.69. The fourth-order valence-electron chi connectivity index (χ4n) is 6.59. The van der Waals surface area contributed by atoms with Crippen molar-refractivity contribution in [2.75, 3.05) is 0 Å². The molecule has 232 valence electrons. The largest absolute Gasteiger partial charge is 2.00 e. The fraction of sp³-hybridized carbons (Fsp3) is 0.200. The molecule has 0 spiro atoms. The third-order valence-electron chi connectivity index (χ3n) is 8.56. The molecule has 46 heavy (non-hydrogen) atoms. The van der Waals surface area contributed by atoms with Crippen LogP contribution in [0.3, 0.4) is 0 Å². The van der Waals surface area contributed by atoms with Crippen LogP contribution >= 0.6 is 0 Å². The van der Waals surface area contributed by atoms with Gasteiger partial charge in [0.05, 0.1) is 5.69 Å². The minimum Gasteiger partial charge on any atom is -0.509 e. The van der Waals surface area contributed by atoms with Gasteiger partial charge in [-0.05, 0) is 92.1 Å². The number of para-hydroxylation sites is 1. The van der Waals surface area contributed by atoms with Crippen molar-refractivity contribution in [3.63, 3.8) is 0 Å². The second-order valence-electron chi connectivity index (χ2n) is 12.3. The molecule has 0 fully saturated rings. The summed E-state index contributed by atoms with van der Waals surface area (Å²) in [5, 5.41) is 7.25. The number of aryl methyl sites for hydroxylation is 4. The minimum atomic E-state index is 0. The SMILES string of the molecule is Cc1ccnc(-n2c3[c-]c(Oc4[c-]c(-n5nc(C)c(-c6c(C)cc(C)cc6C(C)C)c5C)ccc4)ccc3c3ccccc32)c1.[Pt+2]. The zero-order valence-electron chi connectivity index (χ0n) is 27.2. The molecule has 6 heteroatoms. The van der Waals surface area contributed by atoms with E-state index in [1.165, 1.54) is 27.8 Å². The van der Waals surface area contributed by atoms with Gasteiger partial charge in [-0.25, -0.2) is 4.98 Å². The summed E-state index contributed by atoms with van der Waals surface area (Å²) in [5.41, 5.74) is 12.4. The van der Waals surface area contributed by atoms with Crippen LogP contribution in [0.25, 0.3) is 44.4 Å². The second kappa shape index (κ2) is 12.4. The van der Waals surface area contributed by atoms with E-state index in [2.05, 4.69) is 114 Å². The van der Waals surface area contributed by atoms with Gasteiger partial charge in [-0.3, -0.25) is 4.68 Å². The molecule has 0 atom stereocenters. The van der Waals surface area contributed by atoms with E-state index in [1.807, 2.05) is 41.2 Å². The molecular weight excluding hydrogens is 748 g/mol. The smallest absolute Gasteiger partial charge is 0.509 e. The summed E-state index contributed by atoms with van der Waals surface area (Å²) in [6.07, 6.45) is 1.85. The number of hydrogen-bond acceptors (Lipinski definition) is 3. The average molecular weight is 784 g/mol. The molecule has 0 amide bonds. The van der Waals surface area contributed by atoms with E-state index in [9.17, 15) is 0 Å². The predicted molar refractivity (Wildman–Crippen MR) is 183 cm³/mol. The Kier molecular flexibility index (Phi) is 8.48. The summed E-state index contributed by atoms with van der Waals surface area (Å²) in [6.45, 7) is 15.2. The number of rotatable bonds is 6. The Labute approximate surface area is 285 Å². The molecule has 0 radical (unpaired) electrons. The van der Waals surface area contributed by atoms with Crippen molar-refractivity contribution in [3.8, 4) is 34.1 Å². The van der Waals surface area contributed by atoms with Crippen molar-refractivity contribution in [1.82, 2.24) is 19.3 Å². The van der Waals surface area contributed by atoms with Gasteiger partial charge < -0.3 is 9.30 Å².